The molecule has 0 aliphatic heterocycles. The minimum absolute atomic E-state index is 0.177. The summed E-state index contributed by atoms with van der Waals surface area (Å²) in [6.45, 7) is 10.1. The summed E-state index contributed by atoms with van der Waals surface area (Å²) in [5.41, 5.74) is 0.471. The van der Waals surface area contributed by atoms with Crippen molar-refractivity contribution in [2.75, 3.05) is 24.5 Å². The van der Waals surface area contributed by atoms with Crippen molar-refractivity contribution in [1.82, 2.24) is 15.3 Å². The number of hydrogen-bond donors (Lipinski definition) is 1. The van der Waals surface area contributed by atoms with Crippen LogP contribution in [0, 0.1) is 0 Å². The smallest absolute Gasteiger partial charge is 0.254 e. The van der Waals surface area contributed by atoms with Gasteiger partial charge in [0.05, 0.1) is 5.56 Å². The number of carbonyl (C=O) groups is 1. The maximum Gasteiger partial charge on any atom is 0.254 e. The molecule has 5 heteroatoms. The Balaban J connectivity index is 2.73. The zero-order valence-electron chi connectivity index (χ0n) is 11.7. The third-order valence-electron chi connectivity index (χ3n) is 2.58. The highest BCUT2D eigenvalue weighted by molar-refractivity contribution is 5.93. The number of nitrogens with zero attached hydrogens (tertiary/aromatic N) is 3. The maximum absolute atomic E-state index is 11.7. The molecular weight excluding hydrogens is 240 g/mol. The molecule has 1 rings (SSSR count). The lowest BCUT2D eigenvalue weighted by Crippen LogP contribution is -2.28. The SMILES string of the molecule is C=CCNC(=O)c1cnc(N(CCC)CCC)nc1. The van der Waals surface area contributed by atoms with Gasteiger partial charge in [-0.05, 0) is 12.8 Å². The molecule has 1 N–H and O–H groups in total. The summed E-state index contributed by atoms with van der Waals surface area (Å²) in [5, 5.41) is 2.70. The van der Waals surface area contributed by atoms with Crippen molar-refractivity contribution in [2.24, 2.45) is 0 Å². The topological polar surface area (TPSA) is 58.1 Å². The van der Waals surface area contributed by atoms with Crippen molar-refractivity contribution >= 4 is 11.9 Å². The first kappa shape index (κ1) is 15.1. The maximum atomic E-state index is 11.7. The van der Waals surface area contributed by atoms with Crippen LogP contribution in [0.25, 0.3) is 0 Å². The van der Waals surface area contributed by atoms with Crippen molar-refractivity contribution in [2.45, 2.75) is 26.7 Å². The molecule has 0 saturated heterocycles. The highest BCUT2D eigenvalue weighted by atomic mass is 16.1. The number of hydrogen-bond acceptors (Lipinski definition) is 4. The fourth-order valence-electron chi connectivity index (χ4n) is 1.72. The number of rotatable bonds is 8. The average molecular weight is 262 g/mol. The van der Waals surface area contributed by atoms with Crippen molar-refractivity contribution in [1.29, 1.82) is 0 Å². The van der Waals surface area contributed by atoms with Crippen LogP contribution in [0.1, 0.15) is 37.0 Å². The third kappa shape index (κ3) is 4.69. The minimum atomic E-state index is -0.177. The first-order chi connectivity index (χ1) is 9.22. The van der Waals surface area contributed by atoms with Crippen LogP contribution >= 0.6 is 0 Å². The van der Waals surface area contributed by atoms with E-state index in [0.717, 1.165) is 25.9 Å². The van der Waals surface area contributed by atoms with E-state index in [1.807, 2.05) is 0 Å². The van der Waals surface area contributed by atoms with E-state index in [2.05, 4.69) is 40.6 Å². The highest BCUT2D eigenvalue weighted by Crippen LogP contribution is 2.08. The van der Waals surface area contributed by atoms with Gasteiger partial charge in [0.15, 0.2) is 0 Å². The second-order valence-electron chi connectivity index (χ2n) is 4.26. The summed E-state index contributed by atoms with van der Waals surface area (Å²) in [6.07, 6.45) is 6.87. The Morgan fingerprint density at radius 2 is 1.89 bits per heavy atom. The zero-order valence-corrected chi connectivity index (χ0v) is 11.7. The van der Waals surface area contributed by atoms with Gasteiger partial charge in [-0.1, -0.05) is 19.9 Å². The van der Waals surface area contributed by atoms with Gasteiger partial charge in [0.2, 0.25) is 5.95 Å². The molecule has 0 radical (unpaired) electrons. The van der Waals surface area contributed by atoms with Crippen LogP contribution in [-0.2, 0) is 0 Å². The molecule has 19 heavy (non-hydrogen) atoms. The van der Waals surface area contributed by atoms with Crippen LogP contribution in [0.2, 0.25) is 0 Å². The first-order valence-corrected chi connectivity index (χ1v) is 6.69. The molecule has 0 aliphatic carbocycles. The van der Waals surface area contributed by atoms with Crippen LogP contribution < -0.4 is 10.2 Å². The van der Waals surface area contributed by atoms with Gasteiger partial charge >= 0.3 is 0 Å². The standard InChI is InChI=1S/C14H22N4O/c1-4-7-15-13(19)12-10-16-14(17-11-12)18(8-5-2)9-6-3/h4,10-11H,1,5-9H2,2-3H3,(H,15,19). The summed E-state index contributed by atoms with van der Waals surface area (Å²) < 4.78 is 0. The lowest BCUT2D eigenvalue weighted by atomic mass is 10.3. The van der Waals surface area contributed by atoms with E-state index >= 15 is 0 Å². The molecule has 1 heterocycles. The lowest BCUT2D eigenvalue weighted by Gasteiger charge is -2.21. The van der Waals surface area contributed by atoms with Gasteiger partial charge in [0, 0.05) is 32.0 Å². The van der Waals surface area contributed by atoms with Crippen LogP contribution in [0.4, 0.5) is 5.95 Å². The molecule has 5 nitrogen and oxygen atoms in total. The molecule has 0 saturated carbocycles. The summed E-state index contributed by atoms with van der Waals surface area (Å²) in [6, 6.07) is 0. The quantitative estimate of drug-likeness (QED) is 0.728. The molecule has 0 unspecified atom stereocenters. The number of aromatic nitrogens is 2. The van der Waals surface area contributed by atoms with E-state index in [1.54, 1.807) is 18.5 Å². The van der Waals surface area contributed by atoms with Crippen LogP contribution in [-0.4, -0.2) is 35.5 Å². The second-order valence-corrected chi connectivity index (χ2v) is 4.26. The normalized spacial score (nSPS) is 10.0. The van der Waals surface area contributed by atoms with E-state index < -0.39 is 0 Å². The molecule has 1 amide bonds. The molecule has 0 aromatic carbocycles. The molecule has 1 aromatic heterocycles. The average Bonchev–Trinajstić information content (AvgIpc) is 2.44. The van der Waals surface area contributed by atoms with E-state index in [1.165, 1.54) is 0 Å². The third-order valence-corrected chi connectivity index (χ3v) is 2.58. The Morgan fingerprint density at radius 3 is 2.37 bits per heavy atom. The van der Waals surface area contributed by atoms with Gasteiger partial charge in [-0.3, -0.25) is 4.79 Å². The Kier molecular flexibility index (Phi) is 6.57. The van der Waals surface area contributed by atoms with E-state index in [4.69, 9.17) is 0 Å². The molecule has 0 spiro atoms. The van der Waals surface area contributed by atoms with Gasteiger partial charge in [-0.15, -0.1) is 6.58 Å². The van der Waals surface area contributed by atoms with Gasteiger partial charge < -0.3 is 10.2 Å². The molecule has 1 aromatic rings. The number of amides is 1. The van der Waals surface area contributed by atoms with Crippen molar-refractivity contribution in [3.63, 3.8) is 0 Å². The van der Waals surface area contributed by atoms with Crippen LogP contribution in [0.5, 0.6) is 0 Å². The van der Waals surface area contributed by atoms with Crippen molar-refractivity contribution in [3.8, 4) is 0 Å². The van der Waals surface area contributed by atoms with Gasteiger partial charge in [0.1, 0.15) is 0 Å². The lowest BCUT2D eigenvalue weighted by molar-refractivity contribution is 0.0957. The Hall–Kier alpha value is -1.91. The summed E-state index contributed by atoms with van der Waals surface area (Å²) in [4.78, 5) is 22.4. The Morgan fingerprint density at radius 1 is 1.32 bits per heavy atom. The molecule has 0 fully saturated rings. The molecule has 0 atom stereocenters. The fourth-order valence-corrected chi connectivity index (χ4v) is 1.72. The predicted molar refractivity (Wildman–Crippen MR) is 77.4 cm³/mol. The number of anilines is 1. The zero-order chi connectivity index (χ0) is 14.1. The van der Waals surface area contributed by atoms with Crippen LogP contribution in [0.15, 0.2) is 25.0 Å². The van der Waals surface area contributed by atoms with E-state index in [-0.39, 0.29) is 5.91 Å². The van der Waals surface area contributed by atoms with Gasteiger partial charge in [0.25, 0.3) is 5.91 Å². The fraction of sp³-hybridized carbons (Fsp3) is 0.500. The Labute approximate surface area is 114 Å². The number of nitrogens with one attached hydrogen (secondary N) is 1. The highest BCUT2D eigenvalue weighted by Gasteiger charge is 2.10. The molecule has 104 valence electrons. The first-order valence-electron chi connectivity index (χ1n) is 6.69. The molecule has 0 bridgehead atoms. The number of carbonyl (C=O) groups excluding carboxylic acids is 1. The van der Waals surface area contributed by atoms with E-state index in [9.17, 15) is 4.79 Å². The molecule has 0 aliphatic rings. The van der Waals surface area contributed by atoms with Crippen molar-refractivity contribution in [3.05, 3.63) is 30.6 Å². The summed E-state index contributed by atoms with van der Waals surface area (Å²) in [7, 11) is 0. The van der Waals surface area contributed by atoms with E-state index in [0.29, 0.717) is 18.1 Å². The monoisotopic (exact) mass is 262 g/mol. The molecular formula is C14H22N4O. The largest absolute Gasteiger partial charge is 0.348 e. The van der Waals surface area contributed by atoms with Gasteiger partial charge in [-0.25, -0.2) is 9.97 Å². The second kappa shape index (κ2) is 8.24. The Bertz CT molecular complexity index is 396. The van der Waals surface area contributed by atoms with Gasteiger partial charge in [-0.2, -0.15) is 0 Å². The summed E-state index contributed by atoms with van der Waals surface area (Å²) >= 11 is 0. The summed E-state index contributed by atoms with van der Waals surface area (Å²) in [5.74, 6) is 0.507. The predicted octanol–water partition coefficient (Wildman–Crippen LogP) is 2.02. The van der Waals surface area contributed by atoms with Crippen LogP contribution in [0.3, 0.4) is 0 Å². The van der Waals surface area contributed by atoms with Crippen molar-refractivity contribution < 1.29 is 4.79 Å². The minimum Gasteiger partial charge on any atom is -0.348 e.